The zero-order chi connectivity index (χ0) is 22.4. The van der Waals surface area contributed by atoms with E-state index in [-0.39, 0.29) is 19.2 Å². The summed E-state index contributed by atoms with van der Waals surface area (Å²) in [6.45, 7) is 5.80. The fourth-order valence-electron chi connectivity index (χ4n) is 3.74. The molecular weight excluding hydrogens is 428 g/mol. The summed E-state index contributed by atoms with van der Waals surface area (Å²) < 4.78 is 12.5. The minimum atomic E-state index is -0.390. The molecule has 0 aliphatic carbocycles. The van der Waals surface area contributed by atoms with Gasteiger partial charge < -0.3 is 14.8 Å². The number of aromatic nitrogens is 3. The third-order valence-corrected chi connectivity index (χ3v) is 6.17. The Morgan fingerprint density at radius 3 is 2.75 bits per heavy atom. The fourth-order valence-corrected chi connectivity index (χ4v) is 4.65. The summed E-state index contributed by atoms with van der Waals surface area (Å²) in [6, 6.07) is 11.2. The van der Waals surface area contributed by atoms with Gasteiger partial charge in [-0.1, -0.05) is 23.8 Å². The average Bonchev–Trinajstić information content (AvgIpc) is 3.36. The van der Waals surface area contributed by atoms with Crippen LogP contribution < -0.4 is 20.3 Å². The molecule has 5 rings (SSSR count). The van der Waals surface area contributed by atoms with E-state index < -0.39 is 5.56 Å². The van der Waals surface area contributed by atoms with Crippen molar-refractivity contribution in [1.82, 2.24) is 14.8 Å². The normalized spacial score (nSPS) is 12.3. The van der Waals surface area contributed by atoms with Crippen LogP contribution >= 0.6 is 11.3 Å². The van der Waals surface area contributed by atoms with Gasteiger partial charge in [0.25, 0.3) is 5.56 Å². The first kappa shape index (κ1) is 20.2. The summed E-state index contributed by atoms with van der Waals surface area (Å²) in [6.07, 6.45) is 0. The summed E-state index contributed by atoms with van der Waals surface area (Å²) in [5.74, 6) is 0.814. The average molecular weight is 449 g/mol. The monoisotopic (exact) mass is 448 g/mol. The summed E-state index contributed by atoms with van der Waals surface area (Å²) >= 11 is 1.43. The number of anilines is 1. The molecule has 0 fully saturated rings. The molecule has 1 aliphatic rings. The van der Waals surface area contributed by atoms with Gasteiger partial charge in [-0.3, -0.25) is 9.59 Å². The van der Waals surface area contributed by atoms with Crippen molar-refractivity contribution >= 4 is 33.1 Å². The van der Waals surface area contributed by atoms with Crippen molar-refractivity contribution in [3.8, 4) is 22.8 Å². The molecule has 0 atom stereocenters. The van der Waals surface area contributed by atoms with Gasteiger partial charge in [-0.2, -0.15) is 5.10 Å². The number of fused-ring (bicyclic) bond motifs is 2. The maximum atomic E-state index is 13.0. The second-order valence-corrected chi connectivity index (χ2v) is 8.86. The lowest BCUT2D eigenvalue weighted by Crippen LogP contribution is -2.30. The van der Waals surface area contributed by atoms with E-state index in [9.17, 15) is 9.59 Å². The zero-order valence-electron chi connectivity index (χ0n) is 17.8. The van der Waals surface area contributed by atoms with Crippen LogP contribution in [0.25, 0.3) is 21.5 Å². The van der Waals surface area contributed by atoms with Gasteiger partial charge in [-0.25, -0.2) is 9.67 Å². The lowest BCUT2D eigenvalue weighted by molar-refractivity contribution is -0.117. The second kappa shape index (κ2) is 7.76. The number of carbonyl (C=O) groups excluding carboxylic acids is 1. The van der Waals surface area contributed by atoms with Crippen molar-refractivity contribution in [2.75, 3.05) is 12.1 Å². The molecule has 9 heteroatoms. The van der Waals surface area contributed by atoms with Crippen LogP contribution in [0.2, 0.25) is 0 Å². The number of rotatable bonds is 4. The number of aryl methyl sites for hydroxylation is 3. The highest BCUT2D eigenvalue weighted by Crippen LogP contribution is 2.34. The topological polar surface area (TPSA) is 95.3 Å². The van der Waals surface area contributed by atoms with Gasteiger partial charge in [0.05, 0.1) is 9.71 Å². The molecule has 1 amide bonds. The SMILES string of the molecule is Cc1ccc(-c2nn(CC(=O)Nc3ccc4c(c3)OCO4)c(=O)c3nc(C)sc23)c(C)c1. The quantitative estimate of drug-likeness (QED) is 0.510. The van der Waals surface area contributed by atoms with E-state index in [2.05, 4.69) is 21.5 Å². The highest BCUT2D eigenvalue weighted by atomic mass is 32.1. The van der Waals surface area contributed by atoms with Crippen LogP contribution in [0.15, 0.2) is 41.2 Å². The number of hydrogen-bond donors (Lipinski definition) is 1. The molecular formula is C23H20N4O4S. The van der Waals surface area contributed by atoms with Crippen molar-refractivity contribution in [1.29, 1.82) is 0 Å². The number of nitrogens with zero attached hydrogens (tertiary/aromatic N) is 3. The molecule has 4 aromatic rings. The van der Waals surface area contributed by atoms with Crippen LogP contribution in [0.3, 0.4) is 0 Å². The van der Waals surface area contributed by atoms with E-state index in [1.54, 1.807) is 18.2 Å². The Morgan fingerprint density at radius 2 is 1.94 bits per heavy atom. The first-order chi connectivity index (χ1) is 15.4. The molecule has 0 saturated heterocycles. The van der Waals surface area contributed by atoms with Crippen LogP contribution in [-0.4, -0.2) is 27.5 Å². The van der Waals surface area contributed by atoms with Gasteiger partial charge in [0, 0.05) is 17.3 Å². The highest BCUT2D eigenvalue weighted by molar-refractivity contribution is 7.19. The molecule has 2 aromatic carbocycles. The minimum absolute atomic E-state index is 0.153. The Hall–Kier alpha value is -3.72. The summed E-state index contributed by atoms with van der Waals surface area (Å²) in [7, 11) is 0. The Morgan fingerprint density at radius 1 is 1.12 bits per heavy atom. The van der Waals surface area contributed by atoms with Gasteiger partial charge in [0.15, 0.2) is 17.0 Å². The van der Waals surface area contributed by atoms with Gasteiger partial charge in [0.2, 0.25) is 12.7 Å². The zero-order valence-corrected chi connectivity index (χ0v) is 18.6. The van der Waals surface area contributed by atoms with Crippen molar-refractivity contribution in [2.45, 2.75) is 27.3 Å². The van der Waals surface area contributed by atoms with Gasteiger partial charge >= 0.3 is 0 Å². The summed E-state index contributed by atoms with van der Waals surface area (Å²) in [5.41, 5.74) is 4.23. The first-order valence-electron chi connectivity index (χ1n) is 10.0. The Balaban J connectivity index is 1.52. The minimum Gasteiger partial charge on any atom is -0.454 e. The van der Waals surface area contributed by atoms with Crippen LogP contribution in [0.4, 0.5) is 5.69 Å². The molecule has 0 saturated carbocycles. The van der Waals surface area contributed by atoms with Gasteiger partial charge in [-0.05, 0) is 38.5 Å². The predicted octanol–water partition coefficient (Wildman–Crippen LogP) is 3.81. The molecule has 8 nitrogen and oxygen atoms in total. The van der Waals surface area contributed by atoms with E-state index >= 15 is 0 Å². The first-order valence-corrected chi connectivity index (χ1v) is 10.9. The maximum Gasteiger partial charge on any atom is 0.294 e. The standard InChI is InChI=1S/C23H20N4O4S/c1-12-4-6-16(13(2)8-12)20-22-21(24-14(3)32-22)23(29)27(26-20)10-19(28)25-15-5-7-17-18(9-15)31-11-30-17/h4-9H,10-11H2,1-3H3,(H,25,28). The third kappa shape index (κ3) is 3.60. The molecule has 2 aromatic heterocycles. The molecule has 1 N–H and O–H groups in total. The van der Waals surface area contributed by atoms with E-state index in [0.717, 1.165) is 26.4 Å². The summed E-state index contributed by atoms with van der Waals surface area (Å²) in [5, 5.41) is 8.14. The third-order valence-electron chi connectivity index (χ3n) is 5.19. The van der Waals surface area contributed by atoms with Crippen LogP contribution in [0, 0.1) is 20.8 Å². The van der Waals surface area contributed by atoms with E-state index in [4.69, 9.17) is 9.47 Å². The molecule has 1 aliphatic heterocycles. The summed E-state index contributed by atoms with van der Waals surface area (Å²) in [4.78, 5) is 30.2. The molecule has 0 spiro atoms. The second-order valence-electron chi connectivity index (χ2n) is 7.66. The smallest absolute Gasteiger partial charge is 0.294 e. The number of ether oxygens (including phenoxy) is 2. The number of benzene rings is 2. The molecule has 32 heavy (non-hydrogen) atoms. The van der Waals surface area contributed by atoms with Crippen molar-refractivity contribution in [2.24, 2.45) is 0 Å². The van der Waals surface area contributed by atoms with E-state index in [1.165, 1.54) is 16.0 Å². The van der Waals surface area contributed by atoms with Crippen molar-refractivity contribution in [3.63, 3.8) is 0 Å². The van der Waals surface area contributed by atoms with Crippen LogP contribution in [0.5, 0.6) is 11.5 Å². The fraction of sp³-hybridized carbons (Fsp3) is 0.217. The van der Waals surface area contributed by atoms with Crippen LogP contribution in [0.1, 0.15) is 16.1 Å². The van der Waals surface area contributed by atoms with E-state index in [1.807, 2.05) is 32.9 Å². The highest BCUT2D eigenvalue weighted by Gasteiger charge is 2.20. The van der Waals surface area contributed by atoms with Crippen molar-refractivity contribution in [3.05, 3.63) is 62.9 Å². The number of hydrogen-bond acceptors (Lipinski definition) is 7. The Bertz CT molecular complexity index is 1440. The number of nitrogens with one attached hydrogen (secondary N) is 1. The van der Waals surface area contributed by atoms with Gasteiger partial charge in [0.1, 0.15) is 12.2 Å². The molecule has 162 valence electrons. The molecule has 0 radical (unpaired) electrons. The van der Waals surface area contributed by atoms with Crippen LogP contribution in [-0.2, 0) is 11.3 Å². The van der Waals surface area contributed by atoms with Crippen molar-refractivity contribution < 1.29 is 14.3 Å². The lowest BCUT2D eigenvalue weighted by Gasteiger charge is -2.11. The maximum absolute atomic E-state index is 13.0. The molecule has 0 unspecified atom stereocenters. The number of amides is 1. The number of thiazole rings is 1. The predicted molar refractivity (Wildman–Crippen MR) is 123 cm³/mol. The Labute approximate surface area is 187 Å². The Kier molecular flexibility index (Phi) is 4.90. The number of carbonyl (C=O) groups is 1. The largest absolute Gasteiger partial charge is 0.454 e. The molecule has 3 heterocycles. The lowest BCUT2D eigenvalue weighted by atomic mass is 10.0. The molecule has 0 bridgehead atoms. The van der Waals surface area contributed by atoms with Gasteiger partial charge in [-0.15, -0.1) is 11.3 Å². The van der Waals surface area contributed by atoms with E-state index in [0.29, 0.717) is 28.4 Å².